The number of ether oxygens (including phenoxy) is 1. The molecule has 174 valence electrons. The maximum atomic E-state index is 12.3. The maximum Gasteiger partial charge on any atom is 0.410 e. The fraction of sp³-hybridized carbons (Fsp3) is 0.565. The van der Waals surface area contributed by atoms with E-state index in [9.17, 15) is 4.79 Å². The monoisotopic (exact) mass is 441 g/mol. The molecule has 3 rings (SSSR count). The lowest BCUT2D eigenvalue weighted by Crippen LogP contribution is -2.44. The van der Waals surface area contributed by atoms with E-state index in [0.717, 1.165) is 29.7 Å². The summed E-state index contributed by atoms with van der Waals surface area (Å²) in [4.78, 5) is 27.6. The summed E-state index contributed by atoms with van der Waals surface area (Å²) in [6.45, 7) is 13.1. The molecular formula is C23H35N7O2. The number of hydrogen-bond donors (Lipinski definition) is 3. The lowest BCUT2D eigenvalue weighted by Gasteiger charge is -2.33. The third-order valence-corrected chi connectivity index (χ3v) is 5.25. The van der Waals surface area contributed by atoms with Crippen molar-refractivity contribution < 1.29 is 9.53 Å². The summed E-state index contributed by atoms with van der Waals surface area (Å²) in [5, 5.41) is 9.76. The zero-order chi connectivity index (χ0) is 23.5. The number of piperidine rings is 1. The van der Waals surface area contributed by atoms with Crippen molar-refractivity contribution in [2.75, 3.05) is 36.1 Å². The molecular weight excluding hydrogens is 406 g/mol. The van der Waals surface area contributed by atoms with Gasteiger partial charge in [-0.25, -0.2) is 4.79 Å². The normalized spacial score (nSPS) is 14.8. The fourth-order valence-electron chi connectivity index (χ4n) is 3.81. The Kier molecular flexibility index (Phi) is 7.06. The summed E-state index contributed by atoms with van der Waals surface area (Å²) in [5.41, 5.74) is 4.01. The van der Waals surface area contributed by atoms with Crippen LogP contribution in [0.5, 0.6) is 0 Å². The quantitative estimate of drug-likeness (QED) is 0.627. The van der Waals surface area contributed by atoms with Crippen LogP contribution in [0.1, 0.15) is 50.3 Å². The second-order valence-corrected chi connectivity index (χ2v) is 9.34. The van der Waals surface area contributed by atoms with Crippen LogP contribution in [0.3, 0.4) is 0 Å². The molecule has 9 heteroatoms. The van der Waals surface area contributed by atoms with Gasteiger partial charge < -0.3 is 25.6 Å². The van der Waals surface area contributed by atoms with Crippen molar-refractivity contribution >= 4 is 29.6 Å². The van der Waals surface area contributed by atoms with Crippen molar-refractivity contribution in [3.63, 3.8) is 0 Å². The molecule has 2 heterocycles. The number of nitrogens with one attached hydrogen (secondary N) is 3. The van der Waals surface area contributed by atoms with E-state index in [-0.39, 0.29) is 12.1 Å². The topological polar surface area (TPSA) is 104 Å². The van der Waals surface area contributed by atoms with Gasteiger partial charge in [-0.2, -0.15) is 15.0 Å². The minimum absolute atomic E-state index is 0.163. The first kappa shape index (κ1) is 23.6. The number of aryl methyl sites for hydroxylation is 3. The summed E-state index contributed by atoms with van der Waals surface area (Å²) in [5.74, 6) is 1.47. The fourth-order valence-corrected chi connectivity index (χ4v) is 3.81. The van der Waals surface area contributed by atoms with E-state index in [1.807, 2.05) is 20.8 Å². The molecule has 1 aliphatic heterocycles. The minimum atomic E-state index is -0.488. The van der Waals surface area contributed by atoms with E-state index in [4.69, 9.17) is 4.74 Å². The average molecular weight is 442 g/mol. The van der Waals surface area contributed by atoms with Crippen LogP contribution in [0.25, 0.3) is 0 Å². The van der Waals surface area contributed by atoms with Gasteiger partial charge in [0.2, 0.25) is 17.8 Å². The van der Waals surface area contributed by atoms with E-state index >= 15 is 0 Å². The van der Waals surface area contributed by atoms with Crippen molar-refractivity contribution in [2.45, 2.75) is 66.0 Å². The predicted octanol–water partition coefficient (Wildman–Crippen LogP) is 4.39. The Labute approximate surface area is 190 Å². The van der Waals surface area contributed by atoms with Crippen LogP contribution in [0.4, 0.5) is 28.3 Å². The number of benzene rings is 1. The Morgan fingerprint density at radius 3 is 2.12 bits per heavy atom. The molecule has 9 nitrogen and oxygen atoms in total. The smallest absolute Gasteiger partial charge is 0.410 e. The van der Waals surface area contributed by atoms with E-state index in [0.29, 0.717) is 30.9 Å². The molecule has 0 aliphatic carbocycles. The third kappa shape index (κ3) is 6.21. The molecule has 1 aromatic heterocycles. The number of amides is 1. The Morgan fingerprint density at radius 1 is 1.00 bits per heavy atom. The van der Waals surface area contributed by atoms with Crippen LogP contribution in [0.15, 0.2) is 12.1 Å². The molecule has 0 saturated carbocycles. The standard InChI is InChI=1S/C23H35N7O2/c1-14-12-15(2)18(16(3)13-14)26-21-28-19(24-7)27-20(29-21)25-17-8-10-30(11-9-17)22(31)32-23(4,5)6/h12-13,17H,8-11H2,1-7H3,(H3,24,25,26,27,28,29). The van der Waals surface area contributed by atoms with Gasteiger partial charge in [-0.15, -0.1) is 0 Å². The first-order chi connectivity index (χ1) is 15.0. The number of anilines is 4. The minimum Gasteiger partial charge on any atom is -0.444 e. The Bertz CT molecular complexity index is 940. The van der Waals surface area contributed by atoms with Crippen molar-refractivity contribution in [1.29, 1.82) is 0 Å². The van der Waals surface area contributed by atoms with Gasteiger partial charge in [-0.3, -0.25) is 0 Å². The third-order valence-electron chi connectivity index (χ3n) is 5.25. The molecule has 32 heavy (non-hydrogen) atoms. The van der Waals surface area contributed by atoms with Crippen LogP contribution in [-0.4, -0.2) is 57.7 Å². The number of likely N-dealkylation sites (tertiary alicyclic amines) is 1. The Morgan fingerprint density at radius 2 is 1.56 bits per heavy atom. The molecule has 0 radical (unpaired) electrons. The van der Waals surface area contributed by atoms with Gasteiger partial charge in [0.1, 0.15) is 5.60 Å². The molecule has 0 unspecified atom stereocenters. The molecule has 1 saturated heterocycles. The molecule has 0 spiro atoms. The number of hydrogen-bond acceptors (Lipinski definition) is 8. The second kappa shape index (κ2) is 9.58. The van der Waals surface area contributed by atoms with Crippen molar-refractivity contribution in [2.24, 2.45) is 0 Å². The molecule has 3 N–H and O–H groups in total. The van der Waals surface area contributed by atoms with E-state index in [1.165, 1.54) is 5.56 Å². The number of carbonyl (C=O) groups is 1. The number of aromatic nitrogens is 3. The average Bonchev–Trinajstić information content (AvgIpc) is 2.69. The second-order valence-electron chi connectivity index (χ2n) is 9.34. The largest absolute Gasteiger partial charge is 0.444 e. The zero-order valence-electron chi connectivity index (χ0n) is 20.2. The molecule has 0 bridgehead atoms. The van der Waals surface area contributed by atoms with Crippen molar-refractivity contribution in [3.8, 4) is 0 Å². The number of rotatable bonds is 5. The highest BCUT2D eigenvalue weighted by Crippen LogP contribution is 2.25. The van der Waals surface area contributed by atoms with Crippen LogP contribution in [0.2, 0.25) is 0 Å². The van der Waals surface area contributed by atoms with Gasteiger partial charge in [0, 0.05) is 31.9 Å². The van der Waals surface area contributed by atoms with Crippen LogP contribution < -0.4 is 16.0 Å². The lowest BCUT2D eigenvalue weighted by atomic mass is 10.1. The predicted molar refractivity (Wildman–Crippen MR) is 128 cm³/mol. The molecule has 1 aromatic carbocycles. The van der Waals surface area contributed by atoms with Gasteiger partial charge >= 0.3 is 6.09 Å². The van der Waals surface area contributed by atoms with E-state index < -0.39 is 5.60 Å². The van der Waals surface area contributed by atoms with E-state index in [2.05, 4.69) is 63.8 Å². The first-order valence-electron chi connectivity index (χ1n) is 11.1. The Balaban J connectivity index is 1.67. The SMILES string of the molecule is CNc1nc(Nc2c(C)cc(C)cc2C)nc(NC2CCN(C(=O)OC(C)(C)C)CC2)n1. The van der Waals surface area contributed by atoms with E-state index in [1.54, 1.807) is 11.9 Å². The summed E-state index contributed by atoms with van der Waals surface area (Å²) in [7, 11) is 1.78. The van der Waals surface area contributed by atoms with Gasteiger partial charge in [0.15, 0.2) is 0 Å². The van der Waals surface area contributed by atoms with Crippen LogP contribution in [-0.2, 0) is 4.74 Å². The molecule has 1 fully saturated rings. The molecule has 2 aromatic rings. The highest BCUT2D eigenvalue weighted by atomic mass is 16.6. The molecule has 1 amide bonds. The zero-order valence-corrected chi connectivity index (χ0v) is 20.2. The molecule has 1 aliphatic rings. The van der Waals surface area contributed by atoms with Crippen LogP contribution >= 0.6 is 0 Å². The number of carbonyl (C=O) groups excluding carboxylic acids is 1. The molecule has 0 atom stereocenters. The highest BCUT2D eigenvalue weighted by Gasteiger charge is 2.27. The lowest BCUT2D eigenvalue weighted by molar-refractivity contribution is 0.0210. The summed E-state index contributed by atoms with van der Waals surface area (Å²) < 4.78 is 5.48. The van der Waals surface area contributed by atoms with Crippen molar-refractivity contribution in [3.05, 3.63) is 28.8 Å². The van der Waals surface area contributed by atoms with Gasteiger partial charge in [-0.05, 0) is 65.5 Å². The van der Waals surface area contributed by atoms with Crippen molar-refractivity contribution in [1.82, 2.24) is 19.9 Å². The summed E-state index contributed by atoms with van der Waals surface area (Å²) in [6, 6.07) is 4.43. The van der Waals surface area contributed by atoms with Gasteiger partial charge in [-0.1, -0.05) is 17.7 Å². The number of nitrogens with zero attached hydrogens (tertiary/aromatic N) is 4. The van der Waals surface area contributed by atoms with Gasteiger partial charge in [0.25, 0.3) is 0 Å². The van der Waals surface area contributed by atoms with Gasteiger partial charge in [0.05, 0.1) is 0 Å². The maximum absolute atomic E-state index is 12.3. The highest BCUT2D eigenvalue weighted by molar-refractivity contribution is 5.68. The van der Waals surface area contributed by atoms with Crippen LogP contribution in [0, 0.1) is 20.8 Å². The summed E-state index contributed by atoms with van der Waals surface area (Å²) >= 11 is 0. The first-order valence-corrected chi connectivity index (χ1v) is 11.1. The summed E-state index contributed by atoms with van der Waals surface area (Å²) in [6.07, 6.45) is 1.32. The Hall–Kier alpha value is -3.10.